The summed E-state index contributed by atoms with van der Waals surface area (Å²) in [6.45, 7) is 9.02. The molecule has 7 heteroatoms. The first kappa shape index (κ1) is 42.8. The minimum absolute atomic E-state index is 0.340. The fourth-order valence-electron chi connectivity index (χ4n) is 13.8. The number of fused-ring (bicyclic) bond motifs is 13. The van der Waals surface area contributed by atoms with Crippen molar-refractivity contribution in [2.24, 2.45) is 0 Å². The Morgan fingerprint density at radius 2 is 0.600 bits per heavy atom. The molecule has 0 unspecified atom stereocenters. The van der Waals surface area contributed by atoms with Crippen LogP contribution in [0.25, 0.3) is 110 Å². The molecule has 14 aromatic rings. The largest absolute Gasteiger partial charge is 0.353 e. The maximum Gasteiger partial charge on any atom is 0.103 e. The van der Waals surface area contributed by atoms with Gasteiger partial charge in [-0.2, -0.15) is 10.5 Å². The second-order valence-corrected chi connectivity index (χ2v) is 21.1. The lowest BCUT2D eigenvalue weighted by Crippen LogP contribution is -2.45. The van der Waals surface area contributed by atoms with Crippen LogP contribution in [0.15, 0.2) is 212 Å². The smallest absolute Gasteiger partial charge is 0.103 e. The minimum atomic E-state index is -0.745. The zero-order chi connectivity index (χ0) is 50.5. The number of nitriles is 2. The summed E-state index contributed by atoms with van der Waals surface area (Å²) in [5, 5.41) is 32.7. The number of benzene rings is 10. The van der Waals surface area contributed by atoms with Crippen LogP contribution in [0.1, 0.15) is 49.9 Å². The number of nitrogens with zero attached hydrogens (tertiary/aromatic N) is 7. The summed E-state index contributed by atoms with van der Waals surface area (Å²) < 4.78 is 9.51. The second-order valence-electron chi connectivity index (χ2n) is 21.1. The van der Waals surface area contributed by atoms with E-state index < -0.39 is 11.1 Å². The topological polar surface area (TPSA) is 70.5 Å². The van der Waals surface area contributed by atoms with E-state index in [0.29, 0.717) is 16.8 Å². The molecular formula is C68H47N7. The lowest BCUT2D eigenvalue weighted by atomic mass is 9.82. The predicted octanol–water partition coefficient (Wildman–Crippen LogP) is 16.8. The van der Waals surface area contributed by atoms with E-state index in [4.69, 9.17) is 0 Å². The molecular weight excluding hydrogens is 915 g/mol. The van der Waals surface area contributed by atoms with Gasteiger partial charge < -0.3 is 23.2 Å². The summed E-state index contributed by atoms with van der Waals surface area (Å²) in [5.41, 5.74) is 14.2. The van der Waals surface area contributed by atoms with Crippen molar-refractivity contribution in [3.8, 4) is 34.9 Å². The molecule has 1 aliphatic rings. The van der Waals surface area contributed by atoms with Gasteiger partial charge in [0.25, 0.3) is 0 Å². The Morgan fingerprint density at radius 1 is 0.293 bits per heavy atom. The fourth-order valence-corrected chi connectivity index (χ4v) is 13.8. The van der Waals surface area contributed by atoms with E-state index in [-0.39, 0.29) is 0 Å². The Hall–Kier alpha value is -9.82. The van der Waals surface area contributed by atoms with E-state index in [9.17, 15) is 10.5 Å². The first-order chi connectivity index (χ1) is 36.7. The minimum Gasteiger partial charge on any atom is -0.353 e. The van der Waals surface area contributed by atoms with Crippen molar-refractivity contribution < 1.29 is 0 Å². The van der Waals surface area contributed by atoms with E-state index in [1.165, 1.54) is 0 Å². The highest BCUT2D eigenvalue weighted by Gasteiger charge is 2.54. The molecule has 0 aliphatic carbocycles. The maximum absolute atomic E-state index is 12.1. The van der Waals surface area contributed by atoms with E-state index in [1.807, 2.05) is 0 Å². The Morgan fingerprint density at radius 3 is 0.987 bits per heavy atom. The van der Waals surface area contributed by atoms with Crippen LogP contribution in [0, 0.1) is 22.7 Å². The Labute approximate surface area is 432 Å². The Kier molecular flexibility index (Phi) is 8.77. The van der Waals surface area contributed by atoms with Gasteiger partial charge in [-0.1, -0.05) is 127 Å². The second kappa shape index (κ2) is 15.4. The van der Waals surface area contributed by atoms with E-state index >= 15 is 0 Å². The first-order valence-electron chi connectivity index (χ1n) is 25.7. The standard InChI is InChI=1S/C68H47N7/c1-67(2)63-53(40-69)54(41-70)65(73-57-34-20-16-30-47(57)51-36-59-49(38-61(51)73)45-28-14-18-32-55(45)71(59)42-22-8-5-9-23-42)66(64(63)68(3,4)75(67)44-26-12-7-13-27-44)74-58-35-21-17-31-48(58)52-37-60-50(39-62(52)74)46-29-15-19-33-56(46)72(60)43-24-10-6-11-25-43/h5-39H,1-4H3. The summed E-state index contributed by atoms with van der Waals surface area (Å²) in [5.74, 6) is 0. The molecule has 1 aliphatic heterocycles. The van der Waals surface area contributed by atoms with Crippen molar-refractivity contribution in [1.29, 1.82) is 10.5 Å². The number of rotatable bonds is 5. The molecule has 354 valence electrons. The number of para-hydroxylation sites is 7. The van der Waals surface area contributed by atoms with Crippen molar-refractivity contribution in [2.75, 3.05) is 4.90 Å². The van der Waals surface area contributed by atoms with Crippen molar-refractivity contribution in [3.05, 3.63) is 235 Å². The first-order valence-corrected chi connectivity index (χ1v) is 25.7. The molecule has 0 saturated heterocycles. The van der Waals surface area contributed by atoms with Crippen molar-refractivity contribution in [1.82, 2.24) is 18.3 Å². The number of hydrogen-bond acceptors (Lipinski definition) is 3. The molecule has 0 atom stereocenters. The van der Waals surface area contributed by atoms with Gasteiger partial charge in [0.05, 0.1) is 77.7 Å². The molecule has 0 bridgehead atoms. The van der Waals surface area contributed by atoms with Gasteiger partial charge in [-0.3, -0.25) is 0 Å². The number of aromatic nitrogens is 4. The summed E-state index contributed by atoms with van der Waals surface area (Å²) in [7, 11) is 0. The van der Waals surface area contributed by atoms with Gasteiger partial charge in [0.15, 0.2) is 0 Å². The molecule has 5 heterocycles. The van der Waals surface area contributed by atoms with Crippen molar-refractivity contribution in [3.63, 3.8) is 0 Å². The van der Waals surface area contributed by atoms with Crippen LogP contribution in [-0.4, -0.2) is 18.3 Å². The molecule has 0 fully saturated rings. The number of hydrogen-bond donors (Lipinski definition) is 0. The van der Waals surface area contributed by atoms with Gasteiger partial charge in [-0.15, -0.1) is 0 Å². The summed E-state index contributed by atoms with van der Waals surface area (Å²) in [6, 6.07) is 81.2. The third kappa shape index (κ3) is 5.62. The van der Waals surface area contributed by atoms with Crippen LogP contribution in [0.2, 0.25) is 0 Å². The molecule has 15 rings (SSSR count). The zero-order valence-corrected chi connectivity index (χ0v) is 41.8. The molecule has 75 heavy (non-hydrogen) atoms. The van der Waals surface area contributed by atoms with Crippen molar-refractivity contribution >= 4 is 92.9 Å². The molecule has 4 aromatic heterocycles. The lowest BCUT2D eigenvalue weighted by Gasteiger charge is -2.43. The lowest BCUT2D eigenvalue weighted by molar-refractivity contribution is 0.402. The molecule has 0 N–H and O–H groups in total. The van der Waals surface area contributed by atoms with Crippen LogP contribution >= 0.6 is 0 Å². The summed E-state index contributed by atoms with van der Waals surface area (Å²) >= 11 is 0. The van der Waals surface area contributed by atoms with Crippen LogP contribution in [-0.2, 0) is 11.1 Å². The average Bonchev–Trinajstić information content (AvgIpc) is 4.38. The van der Waals surface area contributed by atoms with Crippen LogP contribution in [0.4, 0.5) is 5.69 Å². The normalized spacial score (nSPS) is 14.0. The van der Waals surface area contributed by atoms with Crippen LogP contribution in [0.5, 0.6) is 0 Å². The molecule has 10 aromatic carbocycles. The Bertz CT molecular complexity index is 4840. The third-order valence-corrected chi connectivity index (χ3v) is 16.4. The summed E-state index contributed by atoms with van der Waals surface area (Å²) in [6.07, 6.45) is 0. The SMILES string of the molecule is CC1(C)c2c(C#N)c(C#N)c(-n3c4ccccc4c4cc5c(cc43)c3ccccc3n5-c3ccccc3)c(-n3c4ccccc4c4cc5c(cc43)c3ccccc3n5-c3ccccc3)c2C(C)(C)N1c1ccccc1. The van der Waals surface area contributed by atoms with Gasteiger partial charge >= 0.3 is 0 Å². The van der Waals surface area contributed by atoms with Gasteiger partial charge in [0.2, 0.25) is 0 Å². The highest BCUT2D eigenvalue weighted by molar-refractivity contribution is 6.21. The highest BCUT2D eigenvalue weighted by atomic mass is 15.3. The highest BCUT2D eigenvalue weighted by Crippen LogP contribution is 2.58. The third-order valence-electron chi connectivity index (χ3n) is 16.4. The van der Waals surface area contributed by atoms with Crippen LogP contribution < -0.4 is 4.90 Å². The molecule has 0 amide bonds. The Balaban J connectivity index is 1.17. The van der Waals surface area contributed by atoms with Crippen LogP contribution in [0.3, 0.4) is 0 Å². The molecule has 0 spiro atoms. The molecule has 0 radical (unpaired) electrons. The van der Waals surface area contributed by atoms with Gasteiger partial charge in [-0.25, -0.2) is 0 Å². The van der Waals surface area contributed by atoms with Gasteiger partial charge in [0.1, 0.15) is 12.1 Å². The average molecular weight is 962 g/mol. The fraction of sp³-hybridized carbons (Fsp3) is 0.0882. The maximum atomic E-state index is 12.1. The van der Waals surface area contributed by atoms with Crippen molar-refractivity contribution in [2.45, 2.75) is 38.8 Å². The van der Waals surface area contributed by atoms with Gasteiger partial charge in [0, 0.05) is 71.3 Å². The predicted molar refractivity (Wildman–Crippen MR) is 308 cm³/mol. The summed E-state index contributed by atoms with van der Waals surface area (Å²) in [4.78, 5) is 2.47. The van der Waals surface area contributed by atoms with E-state index in [2.05, 4.69) is 275 Å². The van der Waals surface area contributed by atoms with E-state index in [1.54, 1.807) is 0 Å². The quantitative estimate of drug-likeness (QED) is 0.173. The van der Waals surface area contributed by atoms with Gasteiger partial charge in [-0.05, 0) is 113 Å². The molecule has 0 saturated carbocycles. The van der Waals surface area contributed by atoms with E-state index in [0.717, 1.165) is 121 Å². The monoisotopic (exact) mass is 961 g/mol. The molecule has 7 nitrogen and oxygen atoms in total. The number of anilines is 1. The zero-order valence-electron chi connectivity index (χ0n) is 41.8.